The molecular weight excluding hydrogens is 348 g/mol. The van der Waals surface area contributed by atoms with Crippen molar-refractivity contribution in [2.75, 3.05) is 0 Å². The lowest BCUT2D eigenvalue weighted by molar-refractivity contribution is 1.21. The molecule has 0 nitrogen and oxygen atoms in total. The Labute approximate surface area is 174 Å². The van der Waals surface area contributed by atoms with Gasteiger partial charge in [-0.3, -0.25) is 0 Å². The van der Waals surface area contributed by atoms with Gasteiger partial charge in [-0.1, -0.05) is 98.2 Å². The van der Waals surface area contributed by atoms with Crippen LogP contribution in [0.25, 0.3) is 34.4 Å². The van der Waals surface area contributed by atoms with Gasteiger partial charge in [0.05, 0.1) is 0 Å². The van der Waals surface area contributed by atoms with E-state index >= 15 is 0 Å². The molecule has 2 aliphatic rings. The van der Waals surface area contributed by atoms with Gasteiger partial charge in [0.15, 0.2) is 0 Å². The van der Waals surface area contributed by atoms with Gasteiger partial charge in [0.1, 0.15) is 0 Å². The highest BCUT2D eigenvalue weighted by molar-refractivity contribution is 6.14. The smallest absolute Gasteiger partial charge is 0.00114 e. The van der Waals surface area contributed by atoms with Crippen molar-refractivity contribution >= 4 is 23.3 Å². The lowest BCUT2D eigenvalue weighted by atomic mass is 9.83. The molecule has 0 heterocycles. The van der Waals surface area contributed by atoms with Gasteiger partial charge >= 0.3 is 0 Å². The molecule has 0 atom stereocenters. The van der Waals surface area contributed by atoms with Crippen LogP contribution in [-0.4, -0.2) is 0 Å². The standard InChI is InChI=1S/C29H26/c1-6-23-21(5)27-25-16-12-11-13-19(3)17-18-26(20(25)4)29(27)28(24(23)7-2)22-14-9-8-10-15-22/h6-12,14-18H,1-2,4,13H2,3,5H3/b12-11-,19-17-,25-16+,26-18+. The Balaban J connectivity index is 2.23. The number of hydrogen-bond acceptors (Lipinski definition) is 0. The molecule has 0 saturated heterocycles. The van der Waals surface area contributed by atoms with Crippen molar-refractivity contribution in [3.63, 3.8) is 0 Å². The van der Waals surface area contributed by atoms with Crippen molar-refractivity contribution in [2.45, 2.75) is 20.3 Å². The summed E-state index contributed by atoms with van der Waals surface area (Å²) >= 11 is 0. The van der Waals surface area contributed by atoms with Crippen LogP contribution in [0.2, 0.25) is 0 Å². The Hall–Kier alpha value is -3.38. The second kappa shape index (κ2) is 7.56. The second-order valence-electron chi connectivity index (χ2n) is 7.64. The van der Waals surface area contributed by atoms with Crippen molar-refractivity contribution in [2.24, 2.45) is 0 Å². The third-order valence-electron chi connectivity index (χ3n) is 5.87. The molecule has 0 heteroatoms. The first kappa shape index (κ1) is 19.0. The highest BCUT2D eigenvalue weighted by atomic mass is 14.3. The number of allylic oxidation sites excluding steroid dienone is 9. The minimum atomic E-state index is 0.955. The molecule has 0 saturated carbocycles. The van der Waals surface area contributed by atoms with Crippen LogP contribution in [0.1, 0.15) is 41.2 Å². The normalized spacial score (nSPS) is 21.7. The fourth-order valence-electron chi connectivity index (χ4n) is 4.43. The third-order valence-corrected chi connectivity index (χ3v) is 5.87. The quantitative estimate of drug-likeness (QED) is 0.508. The van der Waals surface area contributed by atoms with Gasteiger partial charge < -0.3 is 0 Å². The van der Waals surface area contributed by atoms with Crippen molar-refractivity contribution in [3.8, 4) is 11.1 Å². The summed E-state index contributed by atoms with van der Waals surface area (Å²) in [6, 6.07) is 10.6. The highest BCUT2D eigenvalue weighted by Gasteiger charge is 2.32. The molecule has 0 amide bonds. The van der Waals surface area contributed by atoms with Crippen LogP contribution in [0.15, 0.2) is 91.6 Å². The monoisotopic (exact) mass is 374 g/mol. The van der Waals surface area contributed by atoms with Crippen LogP contribution < -0.4 is 0 Å². The van der Waals surface area contributed by atoms with E-state index in [4.69, 9.17) is 0 Å². The molecule has 0 radical (unpaired) electrons. The van der Waals surface area contributed by atoms with Gasteiger partial charge in [-0.05, 0) is 75.9 Å². The first-order valence-corrected chi connectivity index (χ1v) is 10.0. The van der Waals surface area contributed by atoms with Crippen LogP contribution in [0.5, 0.6) is 0 Å². The molecule has 2 aromatic rings. The molecule has 0 spiro atoms. The van der Waals surface area contributed by atoms with E-state index in [1.807, 2.05) is 12.2 Å². The predicted molar refractivity (Wildman–Crippen MR) is 129 cm³/mol. The minimum Gasteiger partial charge on any atom is -0.0984 e. The molecule has 0 unspecified atom stereocenters. The van der Waals surface area contributed by atoms with Crippen LogP contribution >= 0.6 is 0 Å². The third kappa shape index (κ3) is 3.02. The molecular formula is C29H26. The van der Waals surface area contributed by atoms with Crippen molar-refractivity contribution in [3.05, 3.63) is 119 Å². The zero-order valence-electron chi connectivity index (χ0n) is 17.3. The van der Waals surface area contributed by atoms with E-state index in [-0.39, 0.29) is 0 Å². The van der Waals surface area contributed by atoms with Crippen LogP contribution in [0.4, 0.5) is 0 Å². The van der Waals surface area contributed by atoms with E-state index in [0.717, 1.165) is 23.1 Å². The van der Waals surface area contributed by atoms with E-state index in [1.54, 1.807) is 0 Å². The first-order chi connectivity index (χ1) is 14.1. The van der Waals surface area contributed by atoms with Gasteiger partial charge in [-0.25, -0.2) is 0 Å². The van der Waals surface area contributed by atoms with Crippen LogP contribution in [0, 0.1) is 6.92 Å². The fraction of sp³-hybridized carbons (Fsp3) is 0.103. The number of rotatable bonds is 3. The SMILES string of the molecule is C=Cc1c(C)c2c(c(-c3ccccc3)c1C=C)/C1=C/C=C(/C)C/C=C\C=C\2C1=C. The molecule has 142 valence electrons. The van der Waals surface area contributed by atoms with Crippen molar-refractivity contribution in [1.82, 2.24) is 0 Å². The largest absolute Gasteiger partial charge is 0.0984 e. The molecule has 0 aliphatic heterocycles. The van der Waals surface area contributed by atoms with Crippen molar-refractivity contribution < 1.29 is 0 Å². The molecule has 2 aromatic carbocycles. The lowest BCUT2D eigenvalue weighted by Crippen LogP contribution is -2.00. The molecule has 0 aromatic heterocycles. The Morgan fingerprint density at radius 1 is 0.793 bits per heavy atom. The first-order valence-electron chi connectivity index (χ1n) is 10.0. The Morgan fingerprint density at radius 3 is 2.17 bits per heavy atom. The molecule has 4 rings (SSSR count). The molecule has 29 heavy (non-hydrogen) atoms. The zero-order valence-corrected chi connectivity index (χ0v) is 17.3. The summed E-state index contributed by atoms with van der Waals surface area (Å²) in [4.78, 5) is 0. The van der Waals surface area contributed by atoms with E-state index in [1.165, 1.54) is 44.5 Å². The summed E-state index contributed by atoms with van der Waals surface area (Å²) in [7, 11) is 0. The summed E-state index contributed by atoms with van der Waals surface area (Å²) in [6.45, 7) is 17.1. The van der Waals surface area contributed by atoms with Gasteiger partial charge in [0.2, 0.25) is 0 Å². The molecule has 2 aliphatic carbocycles. The van der Waals surface area contributed by atoms with Gasteiger partial charge in [0, 0.05) is 0 Å². The average molecular weight is 375 g/mol. The average Bonchev–Trinajstić information content (AvgIpc) is 2.99. The Morgan fingerprint density at radius 2 is 1.48 bits per heavy atom. The molecule has 2 bridgehead atoms. The number of fused-ring (bicyclic) bond motifs is 5. The summed E-state index contributed by atoms with van der Waals surface area (Å²) < 4.78 is 0. The van der Waals surface area contributed by atoms with Gasteiger partial charge in [0.25, 0.3) is 0 Å². The van der Waals surface area contributed by atoms with E-state index < -0.39 is 0 Å². The predicted octanol–water partition coefficient (Wildman–Crippen LogP) is 8.19. The number of benzene rings is 2. The lowest BCUT2D eigenvalue weighted by Gasteiger charge is -2.20. The summed E-state index contributed by atoms with van der Waals surface area (Å²) in [5, 5.41) is 0. The molecule has 0 fully saturated rings. The van der Waals surface area contributed by atoms with Gasteiger partial charge in [-0.2, -0.15) is 0 Å². The fourth-order valence-corrected chi connectivity index (χ4v) is 4.43. The van der Waals surface area contributed by atoms with E-state index in [9.17, 15) is 0 Å². The summed E-state index contributed by atoms with van der Waals surface area (Å²) in [6.07, 6.45) is 15.9. The minimum absolute atomic E-state index is 0.955. The maximum Gasteiger partial charge on any atom is -0.00114 e. The Kier molecular flexibility index (Phi) is 4.94. The summed E-state index contributed by atoms with van der Waals surface area (Å²) in [5.41, 5.74) is 13.2. The maximum absolute atomic E-state index is 4.49. The highest BCUT2D eigenvalue weighted by Crippen LogP contribution is 2.52. The maximum atomic E-state index is 4.49. The Bertz CT molecular complexity index is 1160. The zero-order chi connectivity index (χ0) is 20.5. The van der Waals surface area contributed by atoms with Crippen molar-refractivity contribution in [1.29, 1.82) is 0 Å². The second-order valence-corrected chi connectivity index (χ2v) is 7.64. The summed E-state index contributed by atoms with van der Waals surface area (Å²) in [5.74, 6) is 0. The number of hydrogen-bond donors (Lipinski definition) is 0. The topological polar surface area (TPSA) is 0 Å². The van der Waals surface area contributed by atoms with E-state index in [2.05, 4.69) is 94.3 Å². The molecule has 0 N–H and O–H groups in total. The van der Waals surface area contributed by atoms with Crippen LogP contribution in [-0.2, 0) is 0 Å². The van der Waals surface area contributed by atoms with Gasteiger partial charge in [-0.15, -0.1) is 0 Å². The van der Waals surface area contributed by atoms with E-state index in [0.29, 0.717) is 0 Å². The van der Waals surface area contributed by atoms with Crippen LogP contribution in [0.3, 0.4) is 0 Å².